The zero-order valence-electron chi connectivity index (χ0n) is 15.8. The molecule has 140 valence electrons. The molecule has 0 spiro atoms. The minimum atomic E-state index is -0.0964. The Bertz CT molecular complexity index is 772. The highest BCUT2D eigenvalue weighted by Gasteiger charge is 2.26. The van der Waals surface area contributed by atoms with Crippen molar-refractivity contribution in [3.8, 4) is 5.88 Å². The predicted octanol–water partition coefficient (Wildman–Crippen LogP) is 2.22. The first kappa shape index (κ1) is 18.4. The summed E-state index contributed by atoms with van der Waals surface area (Å²) in [5.41, 5.74) is 2.47. The summed E-state index contributed by atoms with van der Waals surface area (Å²) >= 11 is 0. The van der Waals surface area contributed by atoms with Crippen molar-refractivity contribution >= 4 is 5.91 Å². The fraction of sp³-hybridized carbons (Fsp3) is 0.526. The van der Waals surface area contributed by atoms with Crippen LogP contribution in [0.1, 0.15) is 35.7 Å². The number of pyridine rings is 1. The number of aryl methyl sites for hydroxylation is 2. The van der Waals surface area contributed by atoms with Crippen LogP contribution in [0.4, 0.5) is 0 Å². The van der Waals surface area contributed by atoms with E-state index in [1.165, 1.54) is 0 Å². The van der Waals surface area contributed by atoms with Gasteiger partial charge in [-0.05, 0) is 39.8 Å². The van der Waals surface area contributed by atoms with Gasteiger partial charge in [0.1, 0.15) is 5.69 Å². The molecule has 1 fully saturated rings. The number of ether oxygens (including phenoxy) is 2. The van der Waals surface area contributed by atoms with E-state index in [4.69, 9.17) is 9.47 Å². The lowest BCUT2D eigenvalue weighted by atomic mass is 10.2. The van der Waals surface area contributed by atoms with E-state index in [2.05, 4.69) is 10.1 Å². The van der Waals surface area contributed by atoms with Crippen LogP contribution in [0.5, 0.6) is 5.88 Å². The van der Waals surface area contributed by atoms with Crippen LogP contribution in [0, 0.1) is 13.8 Å². The van der Waals surface area contributed by atoms with E-state index in [0.29, 0.717) is 37.8 Å². The molecule has 0 radical (unpaired) electrons. The second-order valence-electron chi connectivity index (χ2n) is 6.88. The van der Waals surface area contributed by atoms with Gasteiger partial charge in [-0.15, -0.1) is 0 Å². The zero-order valence-corrected chi connectivity index (χ0v) is 15.8. The lowest BCUT2D eigenvalue weighted by molar-refractivity contribution is -0.0304. The van der Waals surface area contributed by atoms with Gasteiger partial charge in [0.05, 0.1) is 31.1 Å². The van der Waals surface area contributed by atoms with E-state index < -0.39 is 0 Å². The summed E-state index contributed by atoms with van der Waals surface area (Å²) in [4.78, 5) is 19.0. The molecule has 3 rings (SSSR count). The van der Waals surface area contributed by atoms with Gasteiger partial charge in [0, 0.05) is 24.8 Å². The summed E-state index contributed by atoms with van der Waals surface area (Å²) in [5.74, 6) is 0.374. The number of carbonyl (C=O) groups is 1. The minimum Gasteiger partial charge on any atom is -0.475 e. The summed E-state index contributed by atoms with van der Waals surface area (Å²) in [5, 5.41) is 4.48. The average molecular weight is 358 g/mol. The van der Waals surface area contributed by atoms with Crippen LogP contribution in [0.25, 0.3) is 0 Å². The molecule has 26 heavy (non-hydrogen) atoms. The molecule has 1 aliphatic rings. The number of aromatic nitrogens is 3. The van der Waals surface area contributed by atoms with E-state index in [9.17, 15) is 4.79 Å². The van der Waals surface area contributed by atoms with E-state index in [0.717, 1.165) is 11.4 Å². The fourth-order valence-corrected chi connectivity index (χ4v) is 3.07. The third kappa shape index (κ3) is 4.40. The largest absolute Gasteiger partial charge is 0.475 e. The number of nitrogens with zero attached hydrogens (tertiary/aromatic N) is 4. The van der Waals surface area contributed by atoms with Crippen LogP contribution < -0.4 is 4.74 Å². The average Bonchev–Trinajstić information content (AvgIpc) is 2.91. The first-order chi connectivity index (χ1) is 12.4. The molecule has 1 amide bonds. The van der Waals surface area contributed by atoms with E-state index in [1.54, 1.807) is 23.1 Å². The van der Waals surface area contributed by atoms with Crippen LogP contribution in [0.3, 0.4) is 0 Å². The Morgan fingerprint density at radius 1 is 1.38 bits per heavy atom. The Morgan fingerprint density at radius 2 is 2.19 bits per heavy atom. The maximum absolute atomic E-state index is 12.8. The second-order valence-corrected chi connectivity index (χ2v) is 6.88. The Kier molecular flexibility index (Phi) is 5.56. The molecule has 7 heteroatoms. The highest BCUT2D eigenvalue weighted by atomic mass is 16.5. The van der Waals surface area contributed by atoms with Gasteiger partial charge >= 0.3 is 0 Å². The van der Waals surface area contributed by atoms with Crippen molar-refractivity contribution in [3.63, 3.8) is 0 Å². The molecule has 1 atom stereocenters. The summed E-state index contributed by atoms with van der Waals surface area (Å²) in [6, 6.07) is 7.32. The Morgan fingerprint density at radius 3 is 2.88 bits per heavy atom. The van der Waals surface area contributed by atoms with Crippen LogP contribution in [-0.4, -0.2) is 57.5 Å². The van der Waals surface area contributed by atoms with Gasteiger partial charge in [-0.1, -0.05) is 6.07 Å². The lowest BCUT2D eigenvalue weighted by Gasteiger charge is -2.33. The van der Waals surface area contributed by atoms with Crippen molar-refractivity contribution in [1.29, 1.82) is 0 Å². The molecule has 0 bridgehead atoms. The normalized spacial score (nSPS) is 17.6. The Hall–Kier alpha value is -2.41. The summed E-state index contributed by atoms with van der Waals surface area (Å²) in [7, 11) is 0. The summed E-state index contributed by atoms with van der Waals surface area (Å²) < 4.78 is 13.4. The maximum atomic E-state index is 12.8. The monoisotopic (exact) mass is 358 g/mol. The van der Waals surface area contributed by atoms with Gasteiger partial charge in [0.25, 0.3) is 5.91 Å². The zero-order chi connectivity index (χ0) is 18.7. The molecule has 0 saturated carbocycles. The Labute approximate surface area is 153 Å². The van der Waals surface area contributed by atoms with Gasteiger partial charge in [-0.25, -0.2) is 4.98 Å². The Balaban J connectivity index is 1.67. The number of carbonyl (C=O) groups excluding carboxylic acids is 1. The molecule has 7 nitrogen and oxygen atoms in total. The summed E-state index contributed by atoms with van der Waals surface area (Å²) in [6.45, 7) is 10.1. The van der Waals surface area contributed by atoms with E-state index in [-0.39, 0.29) is 18.1 Å². The van der Waals surface area contributed by atoms with Crippen molar-refractivity contribution < 1.29 is 14.3 Å². The molecular weight excluding hydrogens is 332 g/mol. The highest BCUT2D eigenvalue weighted by molar-refractivity contribution is 5.92. The SMILES string of the molecule is Cc1cc(C)n(CC2CN(C(=O)c3cccc(OC(C)C)n3)CCO2)n1. The van der Waals surface area contributed by atoms with Crippen molar-refractivity contribution in [1.82, 2.24) is 19.7 Å². The molecule has 0 aliphatic carbocycles. The molecule has 1 unspecified atom stereocenters. The molecule has 2 aromatic rings. The molecule has 1 saturated heterocycles. The third-order valence-electron chi connectivity index (χ3n) is 4.21. The van der Waals surface area contributed by atoms with Crippen molar-refractivity contribution in [3.05, 3.63) is 41.3 Å². The maximum Gasteiger partial charge on any atom is 0.272 e. The third-order valence-corrected chi connectivity index (χ3v) is 4.21. The van der Waals surface area contributed by atoms with Gasteiger partial charge < -0.3 is 14.4 Å². The molecular formula is C19H26N4O3. The number of amides is 1. The number of hydrogen-bond donors (Lipinski definition) is 0. The number of morpholine rings is 1. The van der Waals surface area contributed by atoms with Crippen LogP contribution in [0.15, 0.2) is 24.3 Å². The second kappa shape index (κ2) is 7.86. The van der Waals surface area contributed by atoms with Crippen LogP contribution in [-0.2, 0) is 11.3 Å². The molecule has 3 heterocycles. The lowest BCUT2D eigenvalue weighted by Crippen LogP contribution is -2.47. The van der Waals surface area contributed by atoms with Crippen molar-refractivity contribution in [2.24, 2.45) is 0 Å². The van der Waals surface area contributed by atoms with E-state index >= 15 is 0 Å². The topological polar surface area (TPSA) is 69.5 Å². The van der Waals surface area contributed by atoms with E-state index in [1.807, 2.05) is 38.4 Å². The minimum absolute atomic E-state index is 0.0152. The van der Waals surface area contributed by atoms with Crippen LogP contribution in [0.2, 0.25) is 0 Å². The van der Waals surface area contributed by atoms with Crippen molar-refractivity contribution in [2.75, 3.05) is 19.7 Å². The molecule has 2 aromatic heterocycles. The van der Waals surface area contributed by atoms with Gasteiger partial charge in [0.2, 0.25) is 5.88 Å². The number of rotatable bonds is 5. The molecule has 0 aromatic carbocycles. The van der Waals surface area contributed by atoms with Gasteiger partial charge in [-0.2, -0.15) is 5.10 Å². The van der Waals surface area contributed by atoms with Crippen molar-refractivity contribution in [2.45, 2.75) is 46.4 Å². The molecule has 1 aliphatic heterocycles. The first-order valence-electron chi connectivity index (χ1n) is 8.98. The fourth-order valence-electron chi connectivity index (χ4n) is 3.07. The first-order valence-corrected chi connectivity index (χ1v) is 8.98. The summed E-state index contributed by atoms with van der Waals surface area (Å²) in [6.07, 6.45) is -0.0674. The quantitative estimate of drug-likeness (QED) is 0.820. The van der Waals surface area contributed by atoms with Gasteiger partial charge in [0.15, 0.2) is 0 Å². The predicted molar refractivity (Wildman–Crippen MR) is 97.3 cm³/mol. The standard InChI is InChI=1S/C19H26N4O3/c1-13(2)26-18-7-5-6-17(20-18)19(24)22-8-9-25-16(11-22)12-23-15(4)10-14(3)21-23/h5-7,10,13,16H,8-9,11-12H2,1-4H3. The molecule has 0 N–H and O–H groups in total. The smallest absolute Gasteiger partial charge is 0.272 e. The number of hydrogen-bond acceptors (Lipinski definition) is 5. The van der Waals surface area contributed by atoms with Crippen LogP contribution >= 0.6 is 0 Å². The highest BCUT2D eigenvalue weighted by Crippen LogP contribution is 2.15. The van der Waals surface area contributed by atoms with Gasteiger partial charge in [-0.3, -0.25) is 9.48 Å².